The third-order valence-corrected chi connectivity index (χ3v) is 7.60. The first-order chi connectivity index (χ1) is 17.8. The second-order valence-corrected chi connectivity index (χ2v) is 11.1. The predicted molar refractivity (Wildman–Crippen MR) is 137 cm³/mol. The van der Waals surface area contributed by atoms with Crippen LogP contribution in [0.4, 0.5) is 24.8 Å². The van der Waals surface area contributed by atoms with Crippen LogP contribution in [-0.4, -0.2) is 60.2 Å². The highest BCUT2D eigenvalue weighted by molar-refractivity contribution is 7.88. The Morgan fingerprint density at radius 3 is 2.58 bits per heavy atom. The largest absolute Gasteiger partial charge is 0.493 e. The van der Waals surface area contributed by atoms with E-state index in [-0.39, 0.29) is 24.2 Å². The van der Waals surface area contributed by atoms with Gasteiger partial charge in [0.05, 0.1) is 42.2 Å². The zero-order valence-electron chi connectivity index (χ0n) is 21.3. The maximum absolute atomic E-state index is 13.3. The standard InChI is InChI=1S/C24H29F3N6O4S/c1-13(18-8-15(24(25,26)27)9-22(28)32-18)29-23-17-10-21(20(36-3)11-19(17)30-14(2)31-23)37-12-16-6-5-7-33(16)38(4,34)35/h8-11,13,16H,5-7,12H2,1-4H3,(H2,28,32)(H,29,30,31)/t13-,16+/m1/s1. The lowest BCUT2D eigenvalue weighted by atomic mass is 10.1. The number of nitrogen functional groups attached to an aromatic ring is 1. The van der Waals surface area contributed by atoms with Gasteiger partial charge in [-0.05, 0) is 44.9 Å². The Bertz CT molecular complexity index is 1450. The molecule has 206 valence electrons. The van der Waals surface area contributed by atoms with E-state index < -0.39 is 27.8 Å². The average Bonchev–Trinajstić information content (AvgIpc) is 3.30. The quantitative estimate of drug-likeness (QED) is 0.425. The SMILES string of the molecule is COc1cc2nc(C)nc(N[C@H](C)c3cc(C(F)(F)F)cc(N)n3)c2cc1OC[C@@H]1CCCN1S(C)(=O)=O. The molecule has 3 heterocycles. The first-order valence-corrected chi connectivity index (χ1v) is 13.7. The van der Waals surface area contributed by atoms with E-state index in [1.807, 2.05) is 0 Å². The van der Waals surface area contributed by atoms with E-state index in [4.69, 9.17) is 15.2 Å². The van der Waals surface area contributed by atoms with Crippen molar-refractivity contribution in [2.75, 3.05) is 37.6 Å². The zero-order valence-corrected chi connectivity index (χ0v) is 22.2. The summed E-state index contributed by atoms with van der Waals surface area (Å²) in [6.07, 6.45) is -1.99. The number of nitrogens with one attached hydrogen (secondary N) is 1. The van der Waals surface area contributed by atoms with Gasteiger partial charge in [-0.15, -0.1) is 0 Å². The molecule has 10 nitrogen and oxygen atoms in total. The minimum absolute atomic E-state index is 0.0915. The summed E-state index contributed by atoms with van der Waals surface area (Å²) in [5.74, 6) is 1.27. The number of rotatable bonds is 8. The Kier molecular flexibility index (Phi) is 7.57. The Hall–Kier alpha value is -3.39. The molecule has 0 spiro atoms. The van der Waals surface area contributed by atoms with Gasteiger partial charge in [0, 0.05) is 18.0 Å². The Morgan fingerprint density at radius 2 is 1.92 bits per heavy atom. The normalized spacial score (nSPS) is 17.5. The number of nitrogens with zero attached hydrogens (tertiary/aromatic N) is 4. The number of nitrogens with two attached hydrogens (primary N) is 1. The molecule has 2 aromatic heterocycles. The van der Waals surface area contributed by atoms with Crippen LogP contribution in [0.3, 0.4) is 0 Å². The van der Waals surface area contributed by atoms with Crippen molar-refractivity contribution in [2.45, 2.75) is 44.9 Å². The minimum Gasteiger partial charge on any atom is -0.493 e. The summed E-state index contributed by atoms with van der Waals surface area (Å²) in [6, 6.07) is 4.05. The monoisotopic (exact) mass is 554 g/mol. The van der Waals surface area contributed by atoms with Crippen LogP contribution in [0, 0.1) is 6.92 Å². The van der Waals surface area contributed by atoms with E-state index in [0.29, 0.717) is 47.0 Å². The second kappa shape index (κ2) is 10.4. The third-order valence-electron chi connectivity index (χ3n) is 6.26. The smallest absolute Gasteiger partial charge is 0.416 e. The van der Waals surface area contributed by atoms with Crippen molar-refractivity contribution in [1.29, 1.82) is 0 Å². The first kappa shape index (κ1) is 27.6. The van der Waals surface area contributed by atoms with Crippen LogP contribution in [0.2, 0.25) is 0 Å². The fraction of sp³-hybridized carbons (Fsp3) is 0.458. The number of aromatic nitrogens is 3. The van der Waals surface area contributed by atoms with Gasteiger partial charge in [0.25, 0.3) is 0 Å². The summed E-state index contributed by atoms with van der Waals surface area (Å²) in [6.45, 7) is 3.89. The van der Waals surface area contributed by atoms with Crippen LogP contribution >= 0.6 is 0 Å². The van der Waals surface area contributed by atoms with Gasteiger partial charge in [-0.1, -0.05) is 0 Å². The number of ether oxygens (including phenoxy) is 2. The number of benzene rings is 1. The van der Waals surface area contributed by atoms with Gasteiger partial charge in [-0.25, -0.2) is 23.4 Å². The maximum atomic E-state index is 13.3. The van der Waals surface area contributed by atoms with Crippen LogP contribution < -0.4 is 20.5 Å². The van der Waals surface area contributed by atoms with E-state index in [1.54, 1.807) is 26.0 Å². The zero-order chi connectivity index (χ0) is 27.8. The number of fused-ring (bicyclic) bond motifs is 1. The number of halogens is 3. The van der Waals surface area contributed by atoms with Gasteiger partial charge in [-0.2, -0.15) is 17.5 Å². The molecule has 38 heavy (non-hydrogen) atoms. The van der Waals surface area contributed by atoms with Gasteiger partial charge in [0.15, 0.2) is 11.5 Å². The molecule has 1 aliphatic heterocycles. The molecule has 14 heteroatoms. The summed E-state index contributed by atoms with van der Waals surface area (Å²) in [5.41, 5.74) is 5.36. The number of anilines is 2. The molecule has 1 saturated heterocycles. The highest BCUT2D eigenvalue weighted by Gasteiger charge is 2.33. The van der Waals surface area contributed by atoms with Crippen molar-refractivity contribution in [1.82, 2.24) is 19.3 Å². The fourth-order valence-electron chi connectivity index (χ4n) is 4.47. The Morgan fingerprint density at radius 1 is 1.18 bits per heavy atom. The molecule has 0 bridgehead atoms. The lowest BCUT2D eigenvalue weighted by Crippen LogP contribution is -2.38. The van der Waals surface area contributed by atoms with Crippen LogP contribution in [0.15, 0.2) is 24.3 Å². The summed E-state index contributed by atoms with van der Waals surface area (Å²) in [5, 5.41) is 3.65. The van der Waals surface area contributed by atoms with E-state index in [2.05, 4.69) is 20.3 Å². The number of alkyl halides is 3. The first-order valence-electron chi connectivity index (χ1n) is 11.8. The van der Waals surface area contributed by atoms with Crippen molar-refractivity contribution in [3.8, 4) is 11.5 Å². The number of hydrogen-bond acceptors (Lipinski definition) is 9. The number of sulfonamides is 1. The second-order valence-electron chi connectivity index (χ2n) is 9.19. The van der Waals surface area contributed by atoms with Crippen molar-refractivity contribution in [2.24, 2.45) is 0 Å². The van der Waals surface area contributed by atoms with Crippen molar-refractivity contribution in [3.63, 3.8) is 0 Å². The summed E-state index contributed by atoms with van der Waals surface area (Å²) in [7, 11) is -1.89. The molecule has 0 radical (unpaired) electrons. The molecule has 1 aliphatic rings. The van der Waals surface area contributed by atoms with Gasteiger partial charge in [0.1, 0.15) is 24.1 Å². The highest BCUT2D eigenvalue weighted by Crippen LogP contribution is 2.37. The lowest BCUT2D eigenvalue weighted by molar-refractivity contribution is -0.137. The number of aryl methyl sites for hydroxylation is 1. The van der Waals surface area contributed by atoms with E-state index in [0.717, 1.165) is 18.6 Å². The predicted octanol–water partition coefficient (Wildman–Crippen LogP) is 3.92. The molecule has 4 rings (SSSR count). The molecule has 1 fully saturated rings. The van der Waals surface area contributed by atoms with E-state index >= 15 is 0 Å². The molecule has 0 unspecified atom stereocenters. The molecular weight excluding hydrogens is 525 g/mol. The minimum atomic E-state index is -4.57. The Labute approximate surface area is 218 Å². The van der Waals surface area contributed by atoms with Crippen LogP contribution in [-0.2, 0) is 16.2 Å². The van der Waals surface area contributed by atoms with Crippen molar-refractivity contribution < 1.29 is 31.1 Å². The molecule has 3 aromatic rings. The number of methoxy groups -OCH3 is 1. The van der Waals surface area contributed by atoms with E-state index in [9.17, 15) is 21.6 Å². The summed E-state index contributed by atoms with van der Waals surface area (Å²) >= 11 is 0. The van der Waals surface area contributed by atoms with Gasteiger partial charge >= 0.3 is 6.18 Å². The number of hydrogen-bond donors (Lipinski definition) is 2. The van der Waals surface area contributed by atoms with Gasteiger partial charge in [0.2, 0.25) is 10.0 Å². The molecule has 0 aliphatic carbocycles. The molecule has 3 N–H and O–H groups in total. The Balaban J connectivity index is 1.66. The highest BCUT2D eigenvalue weighted by atomic mass is 32.2. The molecule has 0 saturated carbocycles. The summed E-state index contributed by atoms with van der Waals surface area (Å²) in [4.78, 5) is 13.0. The van der Waals surface area contributed by atoms with Crippen molar-refractivity contribution >= 4 is 32.6 Å². The van der Waals surface area contributed by atoms with Crippen LogP contribution in [0.25, 0.3) is 10.9 Å². The van der Waals surface area contributed by atoms with Crippen LogP contribution in [0.5, 0.6) is 11.5 Å². The van der Waals surface area contributed by atoms with E-state index in [1.165, 1.54) is 17.7 Å². The fourth-order valence-corrected chi connectivity index (χ4v) is 5.64. The van der Waals surface area contributed by atoms with Crippen molar-refractivity contribution in [3.05, 3.63) is 41.3 Å². The molecule has 0 amide bonds. The summed E-state index contributed by atoms with van der Waals surface area (Å²) < 4.78 is 77.0. The van der Waals surface area contributed by atoms with Crippen LogP contribution in [0.1, 0.15) is 42.9 Å². The molecule has 1 aromatic carbocycles. The van der Waals surface area contributed by atoms with Gasteiger partial charge in [-0.3, -0.25) is 0 Å². The number of pyridine rings is 1. The maximum Gasteiger partial charge on any atom is 0.416 e. The molecular formula is C24H29F3N6O4S. The average molecular weight is 555 g/mol. The topological polar surface area (TPSA) is 133 Å². The molecule has 2 atom stereocenters. The van der Waals surface area contributed by atoms with Gasteiger partial charge < -0.3 is 20.5 Å². The lowest BCUT2D eigenvalue weighted by Gasteiger charge is -2.23. The third kappa shape index (κ3) is 6.01.